The van der Waals surface area contributed by atoms with E-state index in [0.717, 1.165) is 33.4 Å². The maximum absolute atomic E-state index is 14.0. The van der Waals surface area contributed by atoms with Crippen LogP contribution in [0.4, 0.5) is 0 Å². The van der Waals surface area contributed by atoms with Crippen molar-refractivity contribution in [3.05, 3.63) is 238 Å². The largest absolute Gasteiger partial charge is 0.348 e. The van der Waals surface area contributed by atoms with E-state index in [-0.39, 0.29) is 54.0 Å². The summed E-state index contributed by atoms with van der Waals surface area (Å²) in [5.41, 5.74) is 14.3. The number of hydrogen-bond donors (Lipinski definition) is 1. The van der Waals surface area contributed by atoms with Gasteiger partial charge in [0.05, 0.1) is 13.1 Å². The first-order valence-corrected chi connectivity index (χ1v) is 24.1. The van der Waals surface area contributed by atoms with E-state index >= 15 is 0 Å². The van der Waals surface area contributed by atoms with Crippen molar-refractivity contribution in [1.29, 1.82) is 0 Å². The predicted octanol–water partition coefficient (Wildman–Crippen LogP) is 10.1. The Morgan fingerprint density at radius 1 is 0.514 bits per heavy atom. The number of carbonyl (C=O) groups excluding carboxylic acids is 6. The number of Topliss-reactive ketones (excluding diaryl/α,β-unsaturated/α-hetero) is 4. The summed E-state index contributed by atoms with van der Waals surface area (Å²) in [6.07, 6.45) is 0. The van der Waals surface area contributed by atoms with E-state index in [4.69, 9.17) is 5.73 Å². The number of amides is 2. The molecule has 10 heteroatoms. The highest BCUT2D eigenvalue weighted by molar-refractivity contribution is 6.14. The van der Waals surface area contributed by atoms with Crippen LogP contribution in [0.3, 0.4) is 0 Å². The van der Waals surface area contributed by atoms with E-state index < -0.39 is 17.8 Å². The third kappa shape index (κ3) is 13.8. The number of carbonyl (C=O) groups is 6. The standard InChI is InChI=1S/C31H34N2O3.C27H24O2.C4H10N2O/c1-21-12-11-17-25(22(21)2)29-26(30(35)23-13-7-5-8-14-23)18-33(20-28(34)32(3)4)19-27(29)31(36)24-15-9-6-10-16-24;1-18-12-11-17-24(19(18)2)25(20(3)26(28)22-13-7-5-8-14-22)21(4)27(29)23-15-9-6-10-16-23;1-6(2)4(7)3-5/h5-17,26-27,29H,18-20H2,1-4H3;5-17,25H,3-4H2,1-2H3;3,5H2,1-2H3/t26-,27+,29?;;. The molecule has 0 aromatic heterocycles. The van der Waals surface area contributed by atoms with Crippen molar-refractivity contribution in [3.63, 3.8) is 0 Å². The van der Waals surface area contributed by atoms with Gasteiger partial charge in [0.15, 0.2) is 23.1 Å². The second-order valence-corrected chi connectivity index (χ2v) is 18.6. The lowest BCUT2D eigenvalue weighted by atomic mass is 9.67. The number of benzene rings is 6. The Balaban J connectivity index is 0.000000240. The molecule has 6 aromatic rings. The molecule has 7 rings (SSSR count). The van der Waals surface area contributed by atoms with Gasteiger partial charge in [0.2, 0.25) is 11.8 Å². The van der Waals surface area contributed by atoms with Crippen LogP contribution in [0.1, 0.15) is 86.6 Å². The van der Waals surface area contributed by atoms with Gasteiger partial charge in [-0.15, -0.1) is 0 Å². The number of likely N-dealkylation sites (N-methyl/N-ethyl adjacent to an activating group) is 2. The minimum atomic E-state index is -0.588. The van der Waals surface area contributed by atoms with Crippen molar-refractivity contribution in [2.24, 2.45) is 17.6 Å². The summed E-state index contributed by atoms with van der Waals surface area (Å²) in [7, 11) is 6.80. The Bertz CT molecular complexity index is 2750. The normalized spacial score (nSPS) is 15.1. The summed E-state index contributed by atoms with van der Waals surface area (Å²) < 4.78 is 0. The SMILES string of the molecule is C=C(C(=O)c1ccccc1)C(C(=C)C(=O)c1ccccc1)c1cccc(C)c1C.CN(C)C(=O)CN.Cc1cccc(C2[C@@H](C(=O)c3ccccc3)CN(CC(=O)N(C)C)C[C@H]2C(=O)c2ccccc2)c1C. The van der Waals surface area contributed by atoms with Crippen molar-refractivity contribution in [2.45, 2.75) is 39.5 Å². The summed E-state index contributed by atoms with van der Waals surface area (Å²) in [6, 6.07) is 48.6. The Morgan fingerprint density at radius 2 is 0.889 bits per heavy atom. The van der Waals surface area contributed by atoms with Gasteiger partial charge in [0.25, 0.3) is 0 Å². The van der Waals surface area contributed by atoms with Crippen LogP contribution in [0, 0.1) is 39.5 Å². The van der Waals surface area contributed by atoms with Gasteiger partial charge in [-0.1, -0.05) is 171 Å². The number of piperidine rings is 1. The smallest absolute Gasteiger partial charge is 0.236 e. The number of likely N-dealkylation sites (tertiary alicyclic amines) is 1. The van der Waals surface area contributed by atoms with Crippen molar-refractivity contribution >= 4 is 34.9 Å². The van der Waals surface area contributed by atoms with Gasteiger partial charge in [-0.2, -0.15) is 0 Å². The summed E-state index contributed by atoms with van der Waals surface area (Å²) in [5.74, 6) is -2.24. The van der Waals surface area contributed by atoms with Gasteiger partial charge in [0, 0.05) is 98.4 Å². The molecule has 72 heavy (non-hydrogen) atoms. The van der Waals surface area contributed by atoms with Crippen molar-refractivity contribution in [3.8, 4) is 0 Å². The van der Waals surface area contributed by atoms with Crippen LogP contribution in [-0.4, -0.2) is 104 Å². The molecule has 1 aliphatic rings. The molecule has 1 fully saturated rings. The van der Waals surface area contributed by atoms with Crippen LogP contribution in [0.5, 0.6) is 0 Å². The fourth-order valence-corrected chi connectivity index (χ4v) is 8.96. The highest BCUT2D eigenvalue weighted by Crippen LogP contribution is 2.43. The number of rotatable bonds is 15. The Labute approximate surface area is 425 Å². The summed E-state index contributed by atoms with van der Waals surface area (Å²) in [5, 5.41) is 0. The lowest BCUT2D eigenvalue weighted by molar-refractivity contribution is -0.130. The monoisotopic (exact) mass is 965 g/mol. The summed E-state index contributed by atoms with van der Waals surface area (Å²) in [6.45, 7) is 17.5. The van der Waals surface area contributed by atoms with E-state index in [2.05, 4.69) is 39.1 Å². The average molecular weight is 965 g/mol. The zero-order chi connectivity index (χ0) is 52.6. The van der Waals surface area contributed by atoms with Gasteiger partial charge in [-0.3, -0.25) is 33.7 Å². The third-order valence-electron chi connectivity index (χ3n) is 13.4. The topological polar surface area (TPSA) is 138 Å². The molecule has 1 saturated heterocycles. The van der Waals surface area contributed by atoms with Crippen LogP contribution in [0.2, 0.25) is 0 Å². The highest BCUT2D eigenvalue weighted by Gasteiger charge is 2.46. The molecule has 372 valence electrons. The molecule has 1 heterocycles. The lowest BCUT2D eigenvalue weighted by Crippen LogP contribution is -2.52. The summed E-state index contributed by atoms with van der Waals surface area (Å²) in [4.78, 5) is 82.3. The minimum absolute atomic E-state index is 0.00868. The number of hydrogen-bond acceptors (Lipinski definition) is 8. The van der Waals surface area contributed by atoms with E-state index in [9.17, 15) is 28.8 Å². The Kier molecular flexibility index (Phi) is 19.9. The first-order chi connectivity index (χ1) is 34.4. The van der Waals surface area contributed by atoms with E-state index in [1.807, 2.05) is 140 Å². The number of nitrogens with zero attached hydrogens (tertiary/aromatic N) is 3. The first kappa shape index (κ1) is 55.3. The second kappa shape index (κ2) is 26.0. The molecule has 10 nitrogen and oxygen atoms in total. The van der Waals surface area contributed by atoms with Gasteiger partial charge in [-0.05, 0) is 61.1 Å². The number of allylic oxidation sites excluding steroid dienone is 2. The molecule has 0 spiro atoms. The second-order valence-electron chi connectivity index (χ2n) is 18.6. The number of nitrogens with two attached hydrogens (primary N) is 1. The third-order valence-corrected chi connectivity index (χ3v) is 13.4. The van der Waals surface area contributed by atoms with Crippen LogP contribution in [0.25, 0.3) is 0 Å². The zero-order valence-electron chi connectivity index (χ0n) is 42.9. The maximum Gasteiger partial charge on any atom is 0.236 e. The molecule has 1 aliphatic heterocycles. The first-order valence-electron chi connectivity index (χ1n) is 24.1. The maximum atomic E-state index is 14.0. The van der Waals surface area contributed by atoms with Gasteiger partial charge in [-0.25, -0.2) is 0 Å². The number of aryl methyl sites for hydroxylation is 2. The van der Waals surface area contributed by atoms with Crippen LogP contribution in [0.15, 0.2) is 182 Å². The molecular formula is C62H68N4O6. The molecule has 3 atom stereocenters. The predicted molar refractivity (Wildman–Crippen MR) is 289 cm³/mol. The minimum Gasteiger partial charge on any atom is -0.348 e. The fraction of sp³-hybridized carbons (Fsp3) is 0.258. The zero-order valence-corrected chi connectivity index (χ0v) is 42.9. The van der Waals surface area contributed by atoms with Crippen LogP contribution < -0.4 is 5.73 Å². The van der Waals surface area contributed by atoms with Gasteiger partial charge < -0.3 is 15.5 Å². The molecule has 0 bridgehead atoms. The summed E-state index contributed by atoms with van der Waals surface area (Å²) >= 11 is 0. The molecular weight excluding hydrogens is 897 g/mol. The quantitative estimate of drug-likeness (QED) is 0.0793. The van der Waals surface area contributed by atoms with Crippen molar-refractivity contribution in [1.82, 2.24) is 14.7 Å². The molecule has 0 radical (unpaired) electrons. The van der Waals surface area contributed by atoms with E-state index in [1.165, 1.54) is 4.90 Å². The highest BCUT2D eigenvalue weighted by atomic mass is 16.2. The fourth-order valence-electron chi connectivity index (χ4n) is 8.96. The molecule has 2 amide bonds. The Hall–Kier alpha value is -7.66. The van der Waals surface area contributed by atoms with Crippen LogP contribution in [-0.2, 0) is 9.59 Å². The molecule has 6 aromatic carbocycles. The van der Waals surface area contributed by atoms with E-state index in [0.29, 0.717) is 46.5 Å². The van der Waals surface area contributed by atoms with Gasteiger partial charge in [0.1, 0.15) is 0 Å². The van der Waals surface area contributed by atoms with Gasteiger partial charge >= 0.3 is 0 Å². The Morgan fingerprint density at radius 3 is 1.26 bits per heavy atom. The number of ketones is 4. The van der Waals surface area contributed by atoms with Crippen LogP contribution >= 0.6 is 0 Å². The molecule has 1 unspecified atom stereocenters. The molecule has 2 N–H and O–H groups in total. The molecule has 0 saturated carbocycles. The van der Waals surface area contributed by atoms with E-state index in [1.54, 1.807) is 57.4 Å². The average Bonchev–Trinajstić information content (AvgIpc) is 3.40. The lowest BCUT2D eigenvalue weighted by Gasteiger charge is -2.43. The van der Waals surface area contributed by atoms with Crippen molar-refractivity contribution in [2.75, 3.05) is 54.4 Å². The van der Waals surface area contributed by atoms with Crippen molar-refractivity contribution < 1.29 is 28.8 Å². The molecule has 0 aliphatic carbocycles.